The van der Waals surface area contributed by atoms with Crippen LogP contribution in [0.3, 0.4) is 0 Å². The van der Waals surface area contributed by atoms with E-state index in [1.165, 1.54) is 6.33 Å². The van der Waals surface area contributed by atoms with Gasteiger partial charge in [-0.1, -0.05) is 19.1 Å². The zero-order valence-electron chi connectivity index (χ0n) is 8.13. The van der Waals surface area contributed by atoms with Crippen molar-refractivity contribution in [2.75, 3.05) is 17.6 Å². The monoisotopic (exact) mass is 194 g/mol. The number of H-pyrrole nitrogens is 1. The van der Waals surface area contributed by atoms with Crippen molar-refractivity contribution in [1.29, 1.82) is 0 Å². The molecule has 0 aliphatic carbocycles. The number of rotatable bonds is 4. The van der Waals surface area contributed by atoms with E-state index in [4.69, 9.17) is 5.73 Å². The maximum atomic E-state index is 11.1. The van der Waals surface area contributed by atoms with Gasteiger partial charge < -0.3 is 16.0 Å². The molecular formula is C9H14N4O. The van der Waals surface area contributed by atoms with Crippen LogP contribution < -0.4 is 16.6 Å². The number of nitrogens with zero attached hydrogens (tertiary/aromatic N) is 1. The minimum atomic E-state index is -0.329. The maximum absolute atomic E-state index is 11.1. The molecule has 5 nitrogen and oxygen atoms in total. The van der Waals surface area contributed by atoms with Crippen molar-refractivity contribution in [3.05, 3.63) is 28.8 Å². The van der Waals surface area contributed by atoms with Crippen LogP contribution in [0.4, 0.5) is 11.5 Å². The maximum Gasteiger partial charge on any atom is 0.276 e. The molecule has 1 heterocycles. The topological polar surface area (TPSA) is 83.8 Å². The van der Waals surface area contributed by atoms with Gasteiger partial charge in [-0.2, -0.15) is 0 Å². The van der Waals surface area contributed by atoms with Crippen LogP contribution in [0.1, 0.15) is 13.3 Å². The predicted molar refractivity (Wildman–Crippen MR) is 57.2 cm³/mol. The summed E-state index contributed by atoms with van der Waals surface area (Å²) in [4.78, 5) is 17.4. The molecule has 0 saturated carbocycles. The zero-order valence-corrected chi connectivity index (χ0v) is 8.13. The van der Waals surface area contributed by atoms with Gasteiger partial charge in [-0.3, -0.25) is 4.79 Å². The van der Waals surface area contributed by atoms with Crippen LogP contribution in [-0.2, 0) is 0 Å². The lowest BCUT2D eigenvalue weighted by Crippen LogP contribution is -2.17. The Kier molecular flexibility index (Phi) is 3.28. The molecule has 0 spiro atoms. The van der Waals surface area contributed by atoms with E-state index in [9.17, 15) is 4.79 Å². The van der Waals surface area contributed by atoms with Crippen molar-refractivity contribution in [3.8, 4) is 0 Å². The van der Waals surface area contributed by atoms with Crippen molar-refractivity contribution in [2.45, 2.75) is 13.3 Å². The Morgan fingerprint density at radius 1 is 1.79 bits per heavy atom. The van der Waals surface area contributed by atoms with E-state index in [-0.39, 0.29) is 11.2 Å². The SMILES string of the molecule is C=C(CC)CNc1nc[nH]c(=O)c1N. The van der Waals surface area contributed by atoms with Gasteiger partial charge in [-0.05, 0) is 6.42 Å². The number of hydrogen-bond acceptors (Lipinski definition) is 4. The first-order valence-corrected chi connectivity index (χ1v) is 4.38. The molecule has 14 heavy (non-hydrogen) atoms. The lowest BCUT2D eigenvalue weighted by Gasteiger charge is -2.07. The van der Waals surface area contributed by atoms with Gasteiger partial charge in [0.15, 0.2) is 5.82 Å². The molecule has 0 fully saturated rings. The van der Waals surface area contributed by atoms with Gasteiger partial charge in [0.2, 0.25) is 0 Å². The summed E-state index contributed by atoms with van der Waals surface area (Å²) in [6.45, 7) is 6.42. The minimum Gasteiger partial charge on any atom is -0.391 e. The van der Waals surface area contributed by atoms with Gasteiger partial charge >= 0.3 is 0 Å². The molecule has 0 unspecified atom stereocenters. The summed E-state index contributed by atoms with van der Waals surface area (Å²) >= 11 is 0. The average molecular weight is 194 g/mol. The van der Waals surface area contributed by atoms with E-state index in [0.29, 0.717) is 12.4 Å². The lowest BCUT2D eigenvalue weighted by molar-refractivity contribution is 1.03. The fraction of sp³-hybridized carbons (Fsp3) is 0.333. The molecule has 5 heteroatoms. The summed E-state index contributed by atoms with van der Waals surface area (Å²) in [6.07, 6.45) is 2.20. The molecule has 4 N–H and O–H groups in total. The van der Waals surface area contributed by atoms with Crippen molar-refractivity contribution in [3.63, 3.8) is 0 Å². The fourth-order valence-corrected chi connectivity index (χ4v) is 0.885. The largest absolute Gasteiger partial charge is 0.391 e. The van der Waals surface area contributed by atoms with E-state index >= 15 is 0 Å². The molecule has 76 valence electrons. The second kappa shape index (κ2) is 4.45. The van der Waals surface area contributed by atoms with Gasteiger partial charge in [0.05, 0.1) is 6.33 Å². The smallest absolute Gasteiger partial charge is 0.276 e. The molecular weight excluding hydrogens is 180 g/mol. The van der Waals surface area contributed by atoms with Crippen LogP contribution in [0.5, 0.6) is 0 Å². The van der Waals surface area contributed by atoms with E-state index in [1.807, 2.05) is 6.92 Å². The number of nitrogens with one attached hydrogen (secondary N) is 2. The van der Waals surface area contributed by atoms with Crippen LogP contribution >= 0.6 is 0 Å². The second-order valence-electron chi connectivity index (χ2n) is 2.95. The number of nitrogens with two attached hydrogens (primary N) is 1. The molecule has 0 aromatic carbocycles. The second-order valence-corrected chi connectivity index (χ2v) is 2.95. The Morgan fingerprint density at radius 2 is 2.50 bits per heavy atom. The van der Waals surface area contributed by atoms with Gasteiger partial charge in [0, 0.05) is 6.54 Å². The third kappa shape index (κ3) is 2.35. The third-order valence-corrected chi connectivity index (χ3v) is 1.89. The number of nitrogen functional groups attached to an aromatic ring is 1. The quantitative estimate of drug-likeness (QED) is 0.617. The van der Waals surface area contributed by atoms with Crippen LogP contribution in [0.15, 0.2) is 23.3 Å². The van der Waals surface area contributed by atoms with Crippen molar-refractivity contribution in [1.82, 2.24) is 9.97 Å². The Labute approximate surface area is 82.1 Å². The van der Waals surface area contributed by atoms with E-state index in [0.717, 1.165) is 12.0 Å². The summed E-state index contributed by atoms with van der Waals surface area (Å²) in [5.74, 6) is 0.406. The Morgan fingerprint density at radius 3 is 3.14 bits per heavy atom. The fourth-order valence-electron chi connectivity index (χ4n) is 0.885. The third-order valence-electron chi connectivity index (χ3n) is 1.89. The number of anilines is 2. The number of hydrogen-bond donors (Lipinski definition) is 3. The molecule has 0 radical (unpaired) electrons. The van der Waals surface area contributed by atoms with Crippen molar-refractivity contribution in [2.24, 2.45) is 0 Å². The standard InChI is InChI=1S/C9H14N4O/c1-3-6(2)4-11-8-7(10)9(14)13-5-12-8/h5H,2-4,10H2,1H3,(H2,11,12,13,14). The molecule has 1 rings (SSSR count). The first-order valence-electron chi connectivity index (χ1n) is 4.38. The Balaban J connectivity index is 2.73. The van der Waals surface area contributed by atoms with Crippen LogP contribution in [0.2, 0.25) is 0 Å². The summed E-state index contributed by atoms with van der Waals surface area (Å²) < 4.78 is 0. The van der Waals surface area contributed by atoms with Gasteiger partial charge in [-0.25, -0.2) is 4.98 Å². The van der Waals surface area contributed by atoms with Crippen LogP contribution in [0.25, 0.3) is 0 Å². The van der Waals surface area contributed by atoms with Gasteiger partial charge in [-0.15, -0.1) is 0 Å². The van der Waals surface area contributed by atoms with Crippen molar-refractivity contribution < 1.29 is 0 Å². The molecule has 0 saturated heterocycles. The highest BCUT2D eigenvalue weighted by molar-refractivity contribution is 5.59. The average Bonchev–Trinajstić information content (AvgIpc) is 2.20. The number of aromatic amines is 1. The van der Waals surface area contributed by atoms with E-state index < -0.39 is 0 Å². The zero-order chi connectivity index (χ0) is 10.6. The lowest BCUT2D eigenvalue weighted by atomic mass is 10.2. The first kappa shape index (κ1) is 10.3. The highest BCUT2D eigenvalue weighted by Crippen LogP contribution is 2.08. The first-order chi connectivity index (χ1) is 6.65. The van der Waals surface area contributed by atoms with Crippen LogP contribution in [-0.4, -0.2) is 16.5 Å². The molecule has 0 atom stereocenters. The minimum absolute atomic E-state index is 0.108. The highest BCUT2D eigenvalue weighted by atomic mass is 16.1. The molecule has 0 aliphatic heterocycles. The molecule has 0 aliphatic rings. The summed E-state index contributed by atoms with van der Waals surface area (Å²) in [6, 6.07) is 0. The molecule has 0 amide bonds. The van der Waals surface area contributed by atoms with Gasteiger partial charge in [0.1, 0.15) is 5.69 Å². The van der Waals surface area contributed by atoms with E-state index in [1.54, 1.807) is 0 Å². The van der Waals surface area contributed by atoms with Crippen molar-refractivity contribution >= 4 is 11.5 Å². The Bertz CT molecular complexity index is 383. The normalized spacial score (nSPS) is 9.79. The summed E-state index contributed by atoms with van der Waals surface area (Å²) in [5.41, 5.74) is 6.32. The van der Waals surface area contributed by atoms with Crippen LogP contribution in [0, 0.1) is 0 Å². The molecule has 1 aromatic rings. The van der Waals surface area contributed by atoms with Gasteiger partial charge in [0.25, 0.3) is 5.56 Å². The summed E-state index contributed by atoms with van der Waals surface area (Å²) in [7, 11) is 0. The number of aromatic nitrogens is 2. The summed E-state index contributed by atoms with van der Waals surface area (Å²) in [5, 5.41) is 2.95. The molecule has 1 aromatic heterocycles. The highest BCUT2D eigenvalue weighted by Gasteiger charge is 2.02. The molecule has 0 bridgehead atoms. The Hall–Kier alpha value is -1.78. The predicted octanol–water partition coefficient (Wildman–Crippen LogP) is 0.730. The van der Waals surface area contributed by atoms with E-state index in [2.05, 4.69) is 21.9 Å².